The molecule has 0 spiro atoms. The summed E-state index contributed by atoms with van der Waals surface area (Å²) >= 11 is 5.51. The Morgan fingerprint density at radius 1 is 1.14 bits per heavy atom. The summed E-state index contributed by atoms with van der Waals surface area (Å²) in [6.07, 6.45) is 0. The summed E-state index contributed by atoms with van der Waals surface area (Å²) in [6, 6.07) is 10.4. The van der Waals surface area contributed by atoms with Gasteiger partial charge in [0.25, 0.3) is 0 Å². The van der Waals surface area contributed by atoms with Crippen LogP contribution in [0, 0.1) is 0 Å². The molecule has 21 heavy (non-hydrogen) atoms. The molecular weight excluding hydrogens is 280 g/mol. The highest BCUT2D eigenvalue weighted by Gasteiger charge is 2.18. The van der Waals surface area contributed by atoms with E-state index in [1.807, 2.05) is 6.07 Å². The highest BCUT2D eigenvalue weighted by molar-refractivity contribution is 7.80. The molecule has 1 fully saturated rings. The van der Waals surface area contributed by atoms with Gasteiger partial charge in [0.15, 0.2) is 5.11 Å². The van der Waals surface area contributed by atoms with Gasteiger partial charge in [-0.3, -0.25) is 4.90 Å². The summed E-state index contributed by atoms with van der Waals surface area (Å²) in [6.45, 7) is 7.31. The third kappa shape index (κ3) is 5.61. The lowest BCUT2D eigenvalue weighted by molar-refractivity contribution is 0.168. The minimum absolute atomic E-state index is 0.806. The molecular formula is C16H26N4S. The summed E-state index contributed by atoms with van der Waals surface area (Å²) in [5.41, 5.74) is 1.27. The van der Waals surface area contributed by atoms with Gasteiger partial charge >= 0.3 is 0 Å². The Balaban J connectivity index is 1.68. The van der Waals surface area contributed by atoms with Crippen molar-refractivity contribution in [2.45, 2.75) is 6.54 Å². The fraction of sp³-hybridized carbons (Fsp3) is 0.562. The Morgan fingerprint density at radius 3 is 2.43 bits per heavy atom. The third-order valence-corrected chi connectivity index (χ3v) is 4.21. The van der Waals surface area contributed by atoms with Gasteiger partial charge in [-0.25, -0.2) is 0 Å². The maximum Gasteiger partial charge on any atom is 0.169 e. The van der Waals surface area contributed by atoms with Crippen LogP contribution >= 0.6 is 12.2 Å². The lowest BCUT2D eigenvalue weighted by Gasteiger charge is -2.36. The highest BCUT2D eigenvalue weighted by atomic mass is 32.1. The first kappa shape index (κ1) is 16.2. The van der Waals surface area contributed by atoms with Crippen molar-refractivity contribution in [1.82, 2.24) is 20.0 Å². The van der Waals surface area contributed by atoms with Crippen LogP contribution in [0.5, 0.6) is 0 Å². The quantitative estimate of drug-likeness (QED) is 0.824. The molecule has 116 valence electrons. The number of thiocarbonyl (C=S) groups is 1. The lowest BCUT2D eigenvalue weighted by Crippen LogP contribution is -2.52. The molecule has 1 aromatic rings. The van der Waals surface area contributed by atoms with Crippen molar-refractivity contribution in [3.05, 3.63) is 35.9 Å². The van der Waals surface area contributed by atoms with Crippen molar-refractivity contribution >= 4 is 17.3 Å². The molecule has 0 unspecified atom stereocenters. The second-order valence-corrected chi connectivity index (χ2v) is 6.16. The van der Waals surface area contributed by atoms with Crippen molar-refractivity contribution in [1.29, 1.82) is 0 Å². The first-order valence-corrected chi connectivity index (χ1v) is 8.00. The van der Waals surface area contributed by atoms with Crippen molar-refractivity contribution in [2.24, 2.45) is 0 Å². The summed E-state index contributed by atoms with van der Waals surface area (Å²) < 4.78 is 0. The van der Waals surface area contributed by atoms with Crippen LogP contribution in [-0.4, -0.2) is 73.2 Å². The van der Waals surface area contributed by atoms with Crippen LogP contribution in [0.4, 0.5) is 0 Å². The molecule has 1 aromatic carbocycles. The third-order valence-electron chi connectivity index (χ3n) is 3.81. The molecule has 0 bridgehead atoms. The van der Waals surface area contributed by atoms with Gasteiger partial charge in [0.1, 0.15) is 0 Å². The van der Waals surface area contributed by atoms with Gasteiger partial charge < -0.3 is 15.1 Å². The minimum Gasteiger partial charge on any atom is -0.358 e. The molecule has 0 saturated carbocycles. The maximum atomic E-state index is 5.51. The van der Waals surface area contributed by atoms with Crippen LogP contribution in [0.2, 0.25) is 0 Å². The van der Waals surface area contributed by atoms with Crippen LogP contribution in [-0.2, 0) is 6.54 Å². The van der Waals surface area contributed by atoms with E-state index in [9.17, 15) is 0 Å². The van der Waals surface area contributed by atoms with E-state index in [-0.39, 0.29) is 0 Å². The predicted molar refractivity (Wildman–Crippen MR) is 92.4 cm³/mol. The minimum atomic E-state index is 0.806. The molecule has 0 aliphatic carbocycles. The van der Waals surface area contributed by atoms with Gasteiger partial charge in [-0.15, -0.1) is 0 Å². The van der Waals surface area contributed by atoms with Gasteiger partial charge in [0.05, 0.1) is 0 Å². The second-order valence-electron chi connectivity index (χ2n) is 5.78. The fourth-order valence-electron chi connectivity index (χ4n) is 2.40. The van der Waals surface area contributed by atoms with Gasteiger partial charge in [0.2, 0.25) is 0 Å². The molecule has 5 heteroatoms. The van der Waals surface area contributed by atoms with Crippen LogP contribution in [0.1, 0.15) is 5.56 Å². The van der Waals surface area contributed by atoms with Crippen molar-refractivity contribution in [3.8, 4) is 0 Å². The molecule has 1 N–H and O–H groups in total. The molecule has 4 nitrogen and oxygen atoms in total. The Bertz CT molecular complexity index is 427. The number of nitrogens with zero attached hydrogens (tertiary/aromatic N) is 3. The van der Waals surface area contributed by atoms with Gasteiger partial charge in [-0.1, -0.05) is 30.3 Å². The monoisotopic (exact) mass is 306 g/mol. The number of nitrogens with one attached hydrogen (secondary N) is 1. The topological polar surface area (TPSA) is 21.8 Å². The zero-order valence-corrected chi connectivity index (χ0v) is 13.9. The average molecular weight is 306 g/mol. The van der Waals surface area contributed by atoms with Crippen LogP contribution < -0.4 is 5.32 Å². The zero-order valence-electron chi connectivity index (χ0n) is 13.1. The Labute approximate surface area is 133 Å². The molecule has 1 aliphatic heterocycles. The van der Waals surface area contributed by atoms with E-state index in [1.54, 1.807) is 0 Å². The molecule has 0 atom stereocenters. The largest absolute Gasteiger partial charge is 0.358 e. The molecule has 0 amide bonds. The van der Waals surface area contributed by atoms with E-state index < -0.39 is 0 Å². The highest BCUT2D eigenvalue weighted by Crippen LogP contribution is 2.03. The van der Waals surface area contributed by atoms with E-state index in [4.69, 9.17) is 12.2 Å². The summed E-state index contributed by atoms with van der Waals surface area (Å²) in [7, 11) is 4.25. The van der Waals surface area contributed by atoms with Crippen molar-refractivity contribution < 1.29 is 0 Å². The fourth-order valence-corrected chi connectivity index (χ4v) is 2.66. The van der Waals surface area contributed by atoms with E-state index in [1.165, 1.54) is 5.56 Å². The molecule has 1 saturated heterocycles. The summed E-state index contributed by atoms with van der Waals surface area (Å²) in [4.78, 5) is 7.03. The standard InChI is InChI=1S/C16H26N4S/c1-18(2)8-9-19-10-12-20(13-11-19)16(21)17-14-15-6-4-3-5-7-15/h3-7H,8-14H2,1-2H3,(H,17,21). The molecule has 0 radical (unpaired) electrons. The van der Waals surface area contributed by atoms with Crippen molar-refractivity contribution in [2.75, 3.05) is 53.4 Å². The lowest BCUT2D eigenvalue weighted by atomic mass is 10.2. The van der Waals surface area contributed by atoms with Crippen LogP contribution in [0.15, 0.2) is 30.3 Å². The number of benzene rings is 1. The van der Waals surface area contributed by atoms with E-state index in [0.29, 0.717) is 0 Å². The molecule has 2 rings (SSSR count). The number of hydrogen-bond donors (Lipinski definition) is 1. The summed E-state index contributed by atoms with van der Waals surface area (Å²) in [5, 5.41) is 4.24. The van der Waals surface area contributed by atoms with Gasteiger partial charge in [-0.05, 0) is 31.9 Å². The first-order chi connectivity index (χ1) is 10.1. The van der Waals surface area contributed by atoms with Crippen LogP contribution in [0.3, 0.4) is 0 Å². The zero-order chi connectivity index (χ0) is 15.1. The Kier molecular flexibility index (Phi) is 6.42. The van der Waals surface area contributed by atoms with Crippen molar-refractivity contribution in [3.63, 3.8) is 0 Å². The van der Waals surface area contributed by atoms with E-state index in [0.717, 1.165) is 50.9 Å². The second kappa shape index (κ2) is 8.32. The maximum absolute atomic E-state index is 5.51. The normalized spacial score (nSPS) is 16.2. The summed E-state index contributed by atoms with van der Waals surface area (Å²) in [5.74, 6) is 0. The Hall–Kier alpha value is -1.17. The number of rotatable bonds is 5. The molecule has 1 aliphatic rings. The van der Waals surface area contributed by atoms with Gasteiger partial charge in [-0.2, -0.15) is 0 Å². The Morgan fingerprint density at radius 2 is 1.81 bits per heavy atom. The first-order valence-electron chi connectivity index (χ1n) is 7.59. The average Bonchev–Trinajstić information content (AvgIpc) is 2.52. The number of likely N-dealkylation sites (N-methyl/N-ethyl adjacent to an activating group) is 1. The number of hydrogen-bond acceptors (Lipinski definition) is 3. The molecule has 0 aromatic heterocycles. The van der Waals surface area contributed by atoms with Crippen LogP contribution in [0.25, 0.3) is 0 Å². The van der Waals surface area contributed by atoms with Gasteiger partial charge in [0, 0.05) is 45.8 Å². The smallest absolute Gasteiger partial charge is 0.169 e. The SMILES string of the molecule is CN(C)CCN1CCN(C(=S)NCc2ccccc2)CC1. The predicted octanol–water partition coefficient (Wildman–Crippen LogP) is 1.24. The van der Waals surface area contributed by atoms with E-state index >= 15 is 0 Å². The molecule has 1 heterocycles. The number of piperazine rings is 1. The van der Waals surface area contributed by atoms with E-state index in [2.05, 4.69) is 58.4 Å².